The third-order valence-corrected chi connectivity index (χ3v) is 3.81. The molecule has 0 aliphatic carbocycles. The molecule has 0 radical (unpaired) electrons. The number of alkyl halides is 1. The van der Waals surface area contributed by atoms with Crippen LogP contribution in [0.4, 0.5) is 0 Å². The molecule has 2 nitrogen and oxygen atoms in total. The Kier molecular flexibility index (Phi) is 1.71. The highest BCUT2D eigenvalue weighted by Crippen LogP contribution is 2.40. The number of halogens is 1. The van der Waals surface area contributed by atoms with E-state index in [-0.39, 0.29) is 5.91 Å². The second-order valence-electron chi connectivity index (χ2n) is 3.48. The molecular formula is C8H12BrNO. The van der Waals surface area contributed by atoms with Gasteiger partial charge in [0, 0.05) is 23.8 Å². The van der Waals surface area contributed by atoms with Crippen molar-refractivity contribution in [2.45, 2.75) is 43.1 Å². The Morgan fingerprint density at radius 1 is 1.55 bits per heavy atom. The Morgan fingerprint density at radius 3 is 2.55 bits per heavy atom. The van der Waals surface area contributed by atoms with Crippen molar-refractivity contribution < 1.29 is 4.79 Å². The molecule has 3 heteroatoms. The van der Waals surface area contributed by atoms with Gasteiger partial charge < -0.3 is 4.90 Å². The van der Waals surface area contributed by atoms with Gasteiger partial charge in [0.25, 0.3) is 0 Å². The van der Waals surface area contributed by atoms with Crippen LogP contribution in [0.2, 0.25) is 0 Å². The standard InChI is InChI=1S/C8H12BrNO/c1-5(11)10-6-2-3-8(10)7(9)4-6/h6-8H,2-4H2,1H3/t6-,7-,8+/m0/s1. The maximum Gasteiger partial charge on any atom is 0.219 e. The minimum atomic E-state index is 0.249. The summed E-state index contributed by atoms with van der Waals surface area (Å²) in [5.41, 5.74) is 0. The van der Waals surface area contributed by atoms with Crippen LogP contribution < -0.4 is 0 Å². The molecule has 3 atom stereocenters. The van der Waals surface area contributed by atoms with Crippen molar-refractivity contribution in [3.8, 4) is 0 Å². The van der Waals surface area contributed by atoms with E-state index in [1.165, 1.54) is 12.8 Å². The lowest BCUT2D eigenvalue weighted by Crippen LogP contribution is -2.34. The topological polar surface area (TPSA) is 20.3 Å². The lowest BCUT2D eigenvalue weighted by molar-refractivity contribution is -0.129. The number of amides is 1. The van der Waals surface area contributed by atoms with Crippen LogP contribution in [0.15, 0.2) is 0 Å². The predicted octanol–water partition coefficient (Wildman–Crippen LogP) is 1.53. The first-order valence-electron chi connectivity index (χ1n) is 4.13. The summed E-state index contributed by atoms with van der Waals surface area (Å²) < 4.78 is 0. The minimum absolute atomic E-state index is 0.249. The molecule has 2 heterocycles. The van der Waals surface area contributed by atoms with Crippen molar-refractivity contribution in [1.82, 2.24) is 4.90 Å². The van der Waals surface area contributed by atoms with Crippen LogP contribution in [0, 0.1) is 0 Å². The van der Waals surface area contributed by atoms with E-state index in [9.17, 15) is 4.79 Å². The summed E-state index contributed by atoms with van der Waals surface area (Å²) in [4.78, 5) is 13.8. The van der Waals surface area contributed by atoms with Gasteiger partial charge in [-0.25, -0.2) is 0 Å². The number of fused-ring (bicyclic) bond motifs is 2. The van der Waals surface area contributed by atoms with E-state index >= 15 is 0 Å². The number of rotatable bonds is 0. The first kappa shape index (κ1) is 7.59. The summed E-state index contributed by atoms with van der Waals surface area (Å²) in [5.74, 6) is 0.249. The lowest BCUT2D eigenvalue weighted by atomic mass is 10.0. The minimum Gasteiger partial charge on any atom is -0.336 e. The van der Waals surface area contributed by atoms with E-state index in [0.717, 1.165) is 6.42 Å². The molecule has 2 bridgehead atoms. The van der Waals surface area contributed by atoms with Gasteiger partial charge in [0.1, 0.15) is 0 Å². The van der Waals surface area contributed by atoms with Crippen LogP contribution >= 0.6 is 15.9 Å². The number of nitrogens with zero attached hydrogens (tertiary/aromatic N) is 1. The normalized spacial score (nSPS) is 41.6. The van der Waals surface area contributed by atoms with E-state index < -0.39 is 0 Å². The van der Waals surface area contributed by atoms with E-state index in [1.54, 1.807) is 6.92 Å². The van der Waals surface area contributed by atoms with Gasteiger partial charge in [0.05, 0.1) is 0 Å². The van der Waals surface area contributed by atoms with Gasteiger partial charge in [-0.3, -0.25) is 4.79 Å². The summed E-state index contributed by atoms with van der Waals surface area (Å²) in [5, 5.41) is 0. The average Bonchev–Trinajstić information content (AvgIpc) is 2.41. The highest BCUT2D eigenvalue weighted by Gasteiger charge is 2.46. The Bertz CT molecular complexity index is 195. The molecule has 0 saturated carbocycles. The van der Waals surface area contributed by atoms with Crippen molar-refractivity contribution in [2.75, 3.05) is 0 Å². The summed E-state index contributed by atoms with van der Waals surface area (Å²) in [6.45, 7) is 1.68. The molecule has 11 heavy (non-hydrogen) atoms. The third kappa shape index (κ3) is 1.01. The number of carbonyl (C=O) groups is 1. The molecule has 0 aromatic carbocycles. The van der Waals surface area contributed by atoms with Crippen LogP contribution in [-0.2, 0) is 4.79 Å². The van der Waals surface area contributed by atoms with Gasteiger partial charge in [-0.1, -0.05) is 15.9 Å². The van der Waals surface area contributed by atoms with Crippen molar-refractivity contribution in [2.24, 2.45) is 0 Å². The molecule has 2 saturated heterocycles. The quantitative estimate of drug-likeness (QED) is 0.564. The molecule has 0 N–H and O–H groups in total. The Hall–Kier alpha value is -0.0500. The van der Waals surface area contributed by atoms with Gasteiger partial charge in [0.15, 0.2) is 0 Å². The second-order valence-corrected chi connectivity index (χ2v) is 4.65. The summed E-state index contributed by atoms with van der Waals surface area (Å²) in [6.07, 6.45) is 3.57. The van der Waals surface area contributed by atoms with Crippen LogP contribution in [0.1, 0.15) is 26.2 Å². The monoisotopic (exact) mass is 217 g/mol. The maximum absolute atomic E-state index is 11.2. The molecular weight excluding hydrogens is 206 g/mol. The molecule has 62 valence electrons. The lowest BCUT2D eigenvalue weighted by Gasteiger charge is -2.20. The first-order valence-corrected chi connectivity index (χ1v) is 5.04. The van der Waals surface area contributed by atoms with Gasteiger partial charge in [0.2, 0.25) is 5.91 Å². The van der Waals surface area contributed by atoms with Gasteiger partial charge in [-0.2, -0.15) is 0 Å². The largest absolute Gasteiger partial charge is 0.336 e. The zero-order valence-electron chi connectivity index (χ0n) is 6.59. The fourth-order valence-corrected chi connectivity index (χ4v) is 3.36. The van der Waals surface area contributed by atoms with Gasteiger partial charge >= 0.3 is 0 Å². The summed E-state index contributed by atoms with van der Waals surface area (Å²) in [7, 11) is 0. The molecule has 0 spiro atoms. The zero-order chi connectivity index (χ0) is 8.01. The van der Waals surface area contributed by atoms with E-state index in [2.05, 4.69) is 20.8 Å². The molecule has 1 amide bonds. The molecule has 0 aromatic heterocycles. The first-order chi connectivity index (χ1) is 5.20. The van der Waals surface area contributed by atoms with Crippen molar-refractivity contribution >= 4 is 21.8 Å². The molecule has 2 fully saturated rings. The zero-order valence-corrected chi connectivity index (χ0v) is 8.17. The molecule has 0 aromatic rings. The fraction of sp³-hybridized carbons (Fsp3) is 0.875. The van der Waals surface area contributed by atoms with Crippen LogP contribution in [0.25, 0.3) is 0 Å². The Balaban J connectivity index is 2.19. The number of carbonyl (C=O) groups excluding carboxylic acids is 1. The Labute approximate surface area is 75.1 Å². The van der Waals surface area contributed by atoms with E-state index in [1.807, 2.05) is 0 Å². The highest BCUT2D eigenvalue weighted by molar-refractivity contribution is 9.09. The highest BCUT2D eigenvalue weighted by atomic mass is 79.9. The SMILES string of the molecule is CC(=O)N1[C@H]2CC[C@@H]1[C@@H](Br)C2. The predicted molar refractivity (Wildman–Crippen MR) is 46.7 cm³/mol. The van der Waals surface area contributed by atoms with Crippen molar-refractivity contribution in [1.29, 1.82) is 0 Å². The number of hydrogen-bond donors (Lipinski definition) is 0. The van der Waals surface area contributed by atoms with Crippen LogP contribution in [0.3, 0.4) is 0 Å². The van der Waals surface area contributed by atoms with Gasteiger partial charge in [-0.05, 0) is 19.3 Å². The average molecular weight is 218 g/mol. The van der Waals surface area contributed by atoms with E-state index in [0.29, 0.717) is 16.9 Å². The fourth-order valence-electron chi connectivity index (χ4n) is 2.41. The molecule has 2 aliphatic rings. The van der Waals surface area contributed by atoms with Crippen LogP contribution in [-0.4, -0.2) is 27.7 Å². The maximum atomic E-state index is 11.2. The second kappa shape index (κ2) is 2.47. The summed E-state index contributed by atoms with van der Waals surface area (Å²) >= 11 is 3.61. The molecule has 2 rings (SSSR count). The molecule has 2 aliphatic heterocycles. The third-order valence-electron chi connectivity index (χ3n) is 2.82. The summed E-state index contributed by atoms with van der Waals surface area (Å²) in [6, 6.07) is 1.04. The molecule has 0 unspecified atom stereocenters. The van der Waals surface area contributed by atoms with Gasteiger partial charge in [-0.15, -0.1) is 0 Å². The van der Waals surface area contributed by atoms with E-state index in [4.69, 9.17) is 0 Å². The smallest absolute Gasteiger partial charge is 0.219 e. The Morgan fingerprint density at radius 2 is 2.27 bits per heavy atom. The van der Waals surface area contributed by atoms with Crippen molar-refractivity contribution in [3.05, 3.63) is 0 Å². The van der Waals surface area contributed by atoms with Crippen LogP contribution in [0.5, 0.6) is 0 Å². The number of hydrogen-bond acceptors (Lipinski definition) is 1. The van der Waals surface area contributed by atoms with Crippen molar-refractivity contribution in [3.63, 3.8) is 0 Å².